The van der Waals surface area contributed by atoms with Crippen molar-refractivity contribution in [1.82, 2.24) is 0 Å². The van der Waals surface area contributed by atoms with Crippen LogP contribution in [0.1, 0.15) is 46.0 Å². The highest BCUT2D eigenvalue weighted by molar-refractivity contribution is 5.69. The van der Waals surface area contributed by atoms with E-state index in [2.05, 4.69) is 18.6 Å². The Kier molecular flexibility index (Phi) is 6.82. The predicted octanol–water partition coefficient (Wildman–Crippen LogP) is 2.77. The van der Waals surface area contributed by atoms with Gasteiger partial charge in [-0.25, -0.2) is 0 Å². The van der Waals surface area contributed by atoms with Gasteiger partial charge in [-0.05, 0) is 5.92 Å². The Labute approximate surface area is 75.3 Å². The second kappa shape index (κ2) is 7.14. The molecule has 0 radical (unpaired) electrons. The van der Waals surface area contributed by atoms with Gasteiger partial charge in [0.15, 0.2) is 0 Å². The molecule has 0 rings (SSSR count). The van der Waals surface area contributed by atoms with Crippen LogP contribution in [0.5, 0.6) is 0 Å². The summed E-state index contributed by atoms with van der Waals surface area (Å²) in [5.74, 6) is 0.392. The van der Waals surface area contributed by atoms with Crippen molar-refractivity contribution in [1.29, 1.82) is 0 Å². The van der Waals surface area contributed by atoms with Gasteiger partial charge in [-0.1, -0.05) is 39.5 Å². The first-order chi connectivity index (χ1) is 5.70. The lowest BCUT2D eigenvalue weighted by Crippen LogP contribution is -2.06. The Bertz CT molecular complexity index is 121. The molecule has 0 aromatic heterocycles. The molecule has 0 bridgehead atoms. The maximum atomic E-state index is 10.8. The van der Waals surface area contributed by atoms with E-state index in [0.717, 1.165) is 6.42 Å². The molecule has 0 unspecified atom stereocenters. The van der Waals surface area contributed by atoms with E-state index in [9.17, 15) is 4.79 Å². The maximum absolute atomic E-state index is 10.8. The molecule has 0 amide bonds. The lowest BCUT2D eigenvalue weighted by Gasteiger charge is -2.08. The fourth-order valence-corrected chi connectivity index (χ4v) is 1.21. The second-order valence-electron chi connectivity index (χ2n) is 3.38. The highest BCUT2D eigenvalue weighted by atomic mass is 16.5. The summed E-state index contributed by atoms with van der Waals surface area (Å²) in [6, 6.07) is 0. The Hall–Kier alpha value is -0.530. The second-order valence-corrected chi connectivity index (χ2v) is 3.38. The van der Waals surface area contributed by atoms with Gasteiger partial charge in [0.25, 0.3) is 0 Å². The number of methoxy groups -OCH3 is 1. The first-order valence-electron chi connectivity index (χ1n) is 4.77. The van der Waals surface area contributed by atoms with Crippen LogP contribution in [0.2, 0.25) is 0 Å². The summed E-state index contributed by atoms with van der Waals surface area (Å²) in [6.07, 6.45) is 5.45. The standard InChI is InChI=1S/C10H20O2/c1-4-5-6-7-9(2)8-10(11)12-3/h9H,4-8H2,1-3H3/t9-/m0/s1. The molecule has 1 atom stereocenters. The molecule has 72 valence electrons. The predicted molar refractivity (Wildman–Crippen MR) is 49.9 cm³/mol. The number of unbranched alkanes of at least 4 members (excludes halogenated alkanes) is 2. The van der Waals surface area contributed by atoms with E-state index < -0.39 is 0 Å². The highest BCUT2D eigenvalue weighted by Gasteiger charge is 2.07. The van der Waals surface area contributed by atoms with Crippen LogP contribution in [-0.4, -0.2) is 13.1 Å². The van der Waals surface area contributed by atoms with Crippen molar-refractivity contribution < 1.29 is 9.53 Å². The van der Waals surface area contributed by atoms with Crippen molar-refractivity contribution in [2.24, 2.45) is 5.92 Å². The Morgan fingerprint density at radius 1 is 1.42 bits per heavy atom. The molecule has 0 saturated heterocycles. The molecule has 0 aromatic carbocycles. The number of carbonyl (C=O) groups is 1. The van der Waals surface area contributed by atoms with Gasteiger partial charge in [0.1, 0.15) is 0 Å². The maximum Gasteiger partial charge on any atom is 0.305 e. The van der Waals surface area contributed by atoms with Gasteiger partial charge in [-0.3, -0.25) is 4.79 Å². The monoisotopic (exact) mass is 172 g/mol. The zero-order valence-corrected chi connectivity index (χ0v) is 8.43. The number of ether oxygens (including phenoxy) is 1. The van der Waals surface area contributed by atoms with E-state index in [-0.39, 0.29) is 5.97 Å². The van der Waals surface area contributed by atoms with Gasteiger partial charge in [0.05, 0.1) is 7.11 Å². The van der Waals surface area contributed by atoms with Crippen molar-refractivity contribution in [2.45, 2.75) is 46.0 Å². The summed E-state index contributed by atoms with van der Waals surface area (Å²) < 4.78 is 4.59. The molecule has 0 spiro atoms. The molecule has 0 N–H and O–H groups in total. The van der Waals surface area contributed by atoms with Crippen LogP contribution in [0, 0.1) is 5.92 Å². The van der Waals surface area contributed by atoms with Gasteiger partial charge in [0, 0.05) is 6.42 Å². The van der Waals surface area contributed by atoms with Crippen molar-refractivity contribution in [3.05, 3.63) is 0 Å². The van der Waals surface area contributed by atoms with Gasteiger partial charge in [-0.15, -0.1) is 0 Å². The molecule has 2 nitrogen and oxygen atoms in total. The first kappa shape index (κ1) is 11.5. The fourth-order valence-electron chi connectivity index (χ4n) is 1.21. The van der Waals surface area contributed by atoms with Gasteiger partial charge < -0.3 is 4.74 Å². The average molecular weight is 172 g/mol. The molecule has 0 saturated carbocycles. The van der Waals surface area contributed by atoms with Crippen LogP contribution in [-0.2, 0) is 9.53 Å². The van der Waals surface area contributed by atoms with Gasteiger partial charge in [-0.2, -0.15) is 0 Å². The molecule has 0 aliphatic heterocycles. The number of rotatable bonds is 6. The molecule has 12 heavy (non-hydrogen) atoms. The summed E-state index contributed by atoms with van der Waals surface area (Å²) in [4.78, 5) is 10.8. The quantitative estimate of drug-likeness (QED) is 0.455. The first-order valence-corrected chi connectivity index (χ1v) is 4.77. The molecule has 2 heteroatoms. The minimum Gasteiger partial charge on any atom is -0.469 e. The molecule has 0 fully saturated rings. The van der Waals surface area contributed by atoms with Crippen LogP contribution in [0.4, 0.5) is 0 Å². The van der Waals surface area contributed by atoms with Gasteiger partial charge >= 0.3 is 5.97 Å². The molecule has 0 heterocycles. The van der Waals surface area contributed by atoms with E-state index in [1.807, 2.05) is 0 Å². The summed E-state index contributed by atoms with van der Waals surface area (Å²) in [5, 5.41) is 0. The highest BCUT2D eigenvalue weighted by Crippen LogP contribution is 2.13. The minimum absolute atomic E-state index is 0.0843. The molecular weight excluding hydrogens is 152 g/mol. The molecule has 0 aliphatic carbocycles. The number of carbonyl (C=O) groups excluding carboxylic acids is 1. The molecular formula is C10H20O2. The van der Waals surface area contributed by atoms with Crippen LogP contribution >= 0.6 is 0 Å². The van der Waals surface area contributed by atoms with Crippen molar-refractivity contribution >= 4 is 5.97 Å². The lowest BCUT2D eigenvalue weighted by atomic mass is 10.0. The van der Waals surface area contributed by atoms with Crippen molar-refractivity contribution in [3.8, 4) is 0 Å². The third kappa shape index (κ3) is 6.20. The average Bonchev–Trinajstić information content (AvgIpc) is 2.05. The van der Waals surface area contributed by atoms with E-state index in [0.29, 0.717) is 12.3 Å². The van der Waals surface area contributed by atoms with E-state index in [1.165, 1.54) is 26.4 Å². The molecule has 0 aliphatic rings. The molecule has 0 aromatic rings. The minimum atomic E-state index is -0.0843. The largest absolute Gasteiger partial charge is 0.469 e. The Balaban J connectivity index is 3.32. The number of esters is 1. The van der Waals surface area contributed by atoms with Gasteiger partial charge in [0.2, 0.25) is 0 Å². The topological polar surface area (TPSA) is 26.3 Å². The van der Waals surface area contributed by atoms with Crippen molar-refractivity contribution in [2.75, 3.05) is 7.11 Å². The Morgan fingerprint density at radius 3 is 2.58 bits per heavy atom. The normalized spacial score (nSPS) is 12.6. The summed E-state index contributed by atoms with van der Waals surface area (Å²) in [6.45, 7) is 4.29. The zero-order valence-electron chi connectivity index (χ0n) is 8.43. The van der Waals surface area contributed by atoms with Crippen LogP contribution in [0.3, 0.4) is 0 Å². The summed E-state index contributed by atoms with van der Waals surface area (Å²) >= 11 is 0. The zero-order chi connectivity index (χ0) is 9.40. The Morgan fingerprint density at radius 2 is 2.08 bits per heavy atom. The fraction of sp³-hybridized carbons (Fsp3) is 0.900. The SMILES string of the molecule is CCCCC[C@H](C)CC(=O)OC. The van der Waals surface area contributed by atoms with E-state index >= 15 is 0 Å². The number of hydrogen-bond acceptors (Lipinski definition) is 2. The smallest absolute Gasteiger partial charge is 0.305 e. The number of hydrogen-bond donors (Lipinski definition) is 0. The van der Waals surface area contributed by atoms with Crippen LogP contribution < -0.4 is 0 Å². The van der Waals surface area contributed by atoms with Crippen LogP contribution in [0.15, 0.2) is 0 Å². The third-order valence-electron chi connectivity index (χ3n) is 2.04. The van der Waals surface area contributed by atoms with E-state index in [4.69, 9.17) is 0 Å². The third-order valence-corrected chi connectivity index (χ3v) is 2.04. The van der Waals surface area contributed by atoms with E-state index in [1.54, 1.807) is 0 Å². The van der Waals surface area contributed by atoms with Crippen LogP contribution in [0.25, 0.3) is 0 Å². The lowest BCUT2D eigenvalue weighted by molar-refractivity contribution is -0.141. The summed E-state index contributed by atoms with van der Waals surface area (Å²) in [7, 11) is 1.45. The van der Waals surface area contributed by atoms with Crippen molar-refractivity contribution in [3.63, 3.8) is 0 Å². The summed E-state index contributed by atoms with van der Waals surface area (Å²) in [5.41, 5.74) is 0.